The molecule has 0 aliphatic heterocycles. The second kappa shape index (κ2) is 4.79. The van der Waals surface area contributed by atoms with Crippen molar-refractivity contribution < 1.29 is 9.63 Å². The molecule has 0 saturated heterocycles. The lowest BCUT2D eigenvalue weighted by atomic mass is 9.78. The number of nitrogen functional groups attached to an aromatic ring is 1. The van der Waals surface area contributed by atoms with Crippen LogP contribution in [-0.2, 0) is 5.60 Å². The van der Waals surface area contributed by atoms with Gasteiger partial charge in [0.15, 0.2) is 5.76 Å². The van der Waals surface area contributed by atoms with Crippen LogP contribution in [0.1, 0.15) is 44.9 Å². The molecule has 3 aromatic rings. The van der Waals surface area contributed by atoms with Crippen molar-refractivity contribution >= 4 is 16.7 Å². The molecule has 23 heavy (non-hydrogen) atoms. The Morgan fingerprint density at radius 1 is 1.39 bits per heavy atom. The lowest BCUT2D eigenvalue weighted by Gasteiger charge is -2.33. The molecule has 1 aliphatic rings. The standard InChI is InChI=1S/C16H19N5O2/c1-9(2)21-11-4-7-18-15(17)13(11)14(19-21)10-8-12(23-20-10)16(22)5-3-6-16/h4,7-9,22H,3,5-6H2,1-2H3,(H2,17,18). The Balaban J connectivity index is 1.89. The van der Waals surface area contributed by atoms with Crippen molar-refractivity contribution in [2.45, 2.75) is 44.8 Å². The van der Waals surface area contributed by atoms with Crippen molar-refractivity contribution in [1.29, 1.82) is 0 Å². The number of aliphatic hydroxyl groups is 1. The van der Waals surface area contributed by atoms with E-state index in [2.05, 4.69) is 29.1 Å². The average molecular weight is 313 g/mol. The molecule has 0 bridgehead atoms. The van der Waals surface area contributed by atoms with E-state index < -0.39 is 5.60 Å². The highest BCUT2D eigenvalue weighted by atomic mass is 16.5. The van der Waals surface area contributed by atoms with E-state index in [0.717, 1.165) is 17.3 Å². The predicted molar refractivity (Wildman–Crippen MR) is 85.6 cm³/mol. The van der Waals surface area contributed by atoms with Gasteiger partial charge in [-0.2, -0.15) is 5.10 Å². The summed E-state index contributed by atoms with van der Waals surface area (Å²) >= 11 is 0. The molecule has 120 valence electrons. The number of aromatic nitrogens is 4. The summed E-state index contributed by atoms with van der Waals surface area (Å²) in [4.78, 5) is 4.17. The van der Waals surface area contributed by atoms with Crippen molar-refractivity contribution in [2.24, 2.45) is 0 Å². The molecule has 0 spiro atoms. The Morgan fingerprint density at radius 2 is 2.17 bits per heavy atom. The average Bonchev–Trinajstić information content (AvgIpc) is 3.09. The molecule has 0 aromatic carbocycles. The first-order chi connectivity index (χ1) is 11.0. The highest BCUT2D eigenvalue weighted by molar-refractivity contribution is 5.99. The van der Waals surface area contributed by atoms with Crippen molar-refractivity contribution in [1.82, 2.24) is 19.9 Å². The number of nitrogens with two attached hydrogens (primary N) is 1. The topological polar surface area (TPSA) is 103 Å². The fourth-order valence-electron chi connectivity index (χ4n) is 3.05. The Morgan fingerprint density at radius 3 is 2.83 bits per heavy atom. The quantitative estimate of drug-likeness (QED) is 0.770. The molecule has 1 fully saturated rings. The van der Waals surface area contributed by atoms with Gasteiger partial charge in [0.2, 0.25) is 0 Å². The summed E-state index contributed by atoms with van der Waals surface area (Å²) in [6.07, 6.45) is 4.07. The second-order valence-electron chi connectivity index (χ2n) is 6.44. The first kappa shape index (κ1) is 14.2. The molecule has 0 atom stereocenters. The highest BCUT2D eigenvalue weighted by Gasteiger charge is 2.40. The number of anilines is 1. The van der Waals surface area contributed by atoms with E-state index in [1.165, 1.54) is 0 Å². The van der Waals surface area contributed by atoms with Gasteiger partial charge in [-0.15, -0.1) is 0 Å². The van der Waals surface area contributed by atoms with Crippen molar-refractivity contribution in [3.05, 3.63) is 24.1 Å². The Bertz CT molecular complexity index is 876. The first-order valence-electron chi connectivity index (χ1n) is 7.82. The van der Waals surface area contributed by atoms with Crippen LogP contribution in [0.25, 0.3) is 22.3 Å². The molecule has 1 aliphatic carbocycles. The molecule has 0 unspecified atom stereocenters. The van der Waals surface area contributed by atoms with E-state index in [-0.39, 0.29) is 6.04 Å². The molecule has 0 amide bonds. The van der Waals surface area contributed by atoms with Crippen LogP contribution in [0.4, 0.5) is 5.82 Å². The molecule has 3 N–H and O–H groups in total. The van der Waals surface area contributed by atoms with Crippen molar-refractivity contribution in [3.63, 3.8) is 0 Å². The molecule has 7 nitrogen and oxygen atoms in total. The number of fused-ring (bicyclic) bond motifs is 1. The molecule has 1 saturated carbocycles. The molecule has 7 heteroatoms. The van der Waals surface area contributed by atoms with Gasteiger partial charge in [0, 0.05) is 18.3 Å². The zero-order valence-corrected chi connectivity index (χ0v) is 13.2. The Labute approximate surface area is 133 Å². The minimum atomic E-state index is -0.883. The van der Waals surface area contributed by atoms with Crippen molar-refractivity contribution in [3.8, 4) is 11.4 Å². The zero-order valence-electron chi connectivity index (χ0n) is 13.2. The van der Waals surface area contributed by atoms with Gasteiger partial charge < -0.3 is 15.4 Å². The van der Waals surface area contributed by atoms with Gasteiger partial charge in [-0.3, -0.25) is 4.68 Å². The molecule has 4 rings (SSSR count). The van der Waals surface area contributed by atoms with Crippen LogP contribution in [0.15, 0.2) is 22.9 Å². The van der Waals surface area contributed by atoms with Crippen LogP contribution in [0, 0.1) is 0 Å². The van der Waals surface area contributed by atoms with Crippen LogP contribution >= 0.6 is 0 Å². The molecule has 0 radical (unpaired) electrons. The maximum absolute atomic E-state index is 10.4. The number of hydrogen-bond donors (Lipinski definition) is 2. The predicted octanol–water partition coefficient (Wildman–Crippen LogP) is 2.62. The summed E-state index contributed by atoms with van der Waals surface area (Å²) in [6, 6.07) is 3.83. The van der Waals surface area contributed by atoms with Gasteiger partial charge in [0.25, 0.3) is 0 Å². The van der Waals surface area contributed by atoms with E-state index in [9.17, 15) is 5.11 Å². The summed E-state index contributed by atoms with van der Waals surface area (Å²) in [5, 5.41) is 19.9. The van der Waals surface area contributed by atoms with Crippen LogP contribution < -0.4 is 5.73 Å². The summed E-state index contributed by atoms with van der Waals surface area (Å²) in [5.41, 5.74) is 7.30. The fraction of sp³-hybridized carbons (Fsp3) is 0.438. The SMILES string of the molecule is CC(C)n1nc(-c2cc(C3(O)CCC3)on2)c2c(N)nccc21. The fourth-order valence-corrected chi connectivity index (χ4v) is 3.05. The smallest absolute Gasteiger partial charge is 0.168 e. The van der Waals surface area contributed by atoms with Crippen molar-refractivity contribution in [2.75, 3.05) is 5.73 Å². The summed E-state index contributed by atoms with van der Waals surface area (Å²) in [7, 11) is 0. The Kier molecular flexibility index (Phi) is 2.96. The van der Waals surface area contributed by atoms with Gasteiger partial charge in [-0.25, -0.2) is 4.98 Å². The molecular formula is C16H19N5O2. The van der Waals surface area contributed by atoms with Crippen LogP contribution in [0.5, 0.6) is 0 Å². The largest absolute Gasteiger partial charge is 0.383 e. The van der Waals surface area contributed by atoms with Gasteiger partial charge in [0.1, 0.15) is 22.8 Å². The maximum Gasteiger partial charge on any atom is 0.168 e. The normalized spacial score (nSPS) is 16.9. The lowest BCUT2D eigenvalue weighted by Crippen LogP contribution is -2.33. The number of rotatable bonds is 3. The number of nitrogens with zero attached hydrogens (tertiary/aromatic N) is 4. The van der Waals surface area contributed by atoms with Crippen LogP contribution in [0.3, 0.4) is 0 Å². The van der Waals surface area contributed by atoms with Gasteiger partial charge >= 0.3 is 0 Å². The molecule has 3 heterocycles. The van der Waals surface area contributed by atoms with E-state index in [0.29, 0.717) is 35.8 Å². The third kappa shape index (κ3) is 2.03. The monoisotopic (exact) mass is 313 g/mol. The van der Waals surface area contributed by atoms with E-state index in [1.54, 1.807) is 12.3 Å². The maximum atomic E-state index is 10.4. The van der Waals surface area contributed by atoms with E-state index >= 15 is 0 Å². The summed E-state index contributed by atoms with van der Waals surface area (Å²) in [6.45, 7) is 4.11. The van der Waals surface area contributed by atoms with Crippen LogP contribution in [-0.4, -0.2) is 25.0 Å². The summed E-state index contributed by atoms with van der Waals surface area (Å²) in [5.74, 6) is 0.907. The second-order valence-corrected chi connectivity index (χ2v) is 6.44. The summed E-state index contributed by atoms with van der Waals surface area (Å²) < 4.78 is 7.27. The zero-order chi connectivity index (χ0) is 16.2. The highest BCUT2D eigenvalue weighted by Crippen LogP contribution is 2.42. The van der Waals surface area contributed by atoms with E-state index in [4.69, 9.17) is 10.3 Å². The lowest BCUT2D eigenvalue weighted by molar-refractivity contribution is -0.0602. The van der Waals surface area contributed by atoms with Gasteiger partial charge in [-0.05, 0) is 39.2 Å². The number of pyridine rings is 1. The van der Waals surface area contributed by atoms with Gasteiger partial charge in [0.05, 0.1) is 10.9 Å². The number of hydrogen-bond acceptors (Lipinski definition) is 6. The minimum absolute atomic E-state index is 0.176. The molecule has 3 aromatic heterocycles. The minimum Gasteiger partial charge on any atom is -0.383 e. The Hall–Kier alpha value is -2.41. The molecular weight excluding hydrogens is 294 g/mol. The van der Waals surface area contributed by atoms with Crippen LogP contribution in [0.2, 0.25) is 0 Å². The van der Waals surface area contributed by atoms with E-state index in [1.807, 2.05) is 10.7 Å². The first-order valence-corrected chi connectivity index (χ1v) is 7.82. The third-order valence-corrected chi connectivity index (χ3v) is 4.53. The third-order valence-electron chi connectivity index (χ3n) is 4.53. The van der Waals surface area contributed by atoms with Gasteiger partial charge in [-0.1, -0.05) is 5.16 Å².